The summed E-state index contributed by atoms with van der Waals surface area (Å²) in [6.45, 7) is 5.68. The number of ether oxygens (including phenoxy) is 2. The fourth-order valence-corrected chi connectivity index (χ4v) is 4.75. The molecule has 2 fully saturated rings. The molecule has 6 heteroatoms. The summed E-state index contributed by atoms with van der Waals surface area (Å²) < 4.78 is 10.8. The fraction of sp³-hybridized carbons (Fsp3) is 0.812. The number of methoxy groups -OCH3 is 1. The van der Waals surface area contributed by atoms with E-state index in [2.05, 4.69) is 34.3 Å². The highest BCUT2D eigenvalue weighted by Gasteiger charge is 2.48. The Morgan fingerprint density at radius 3 is 2.91 bits per heavy atom. The molecular weight excluding hydrogens is 298 g/mol. The number of aromatic nitrogens is 1. The van der Waals surface area contributed by atoms with Gasteiger partial charge in [0.2, 0.25) is 0 Å². The summed E-state index contributed by atoms with van der Waals surface area (Å²) in [6.07, 6.45) is 2.36. The molecule has 0 aromatic carbocycles. The predicted octanol–water partition coefficient (Wildman–Crippen LogP) is 1.83. The van der Waals surface area contributed by atoms with Gasteiger partial charge in [0.15, 0.2) is 0 Å². The van der Waals surface area contributed by atoms with E-state index in [1.54, 1.807) is 18.4 Å². The zero-order valence-corrected chi connectivity index (χ0v) is 14.7. The van der Waals surface area contributed by atoms with Crippen LogP contribution in [0.15, 0.2) is 5.38 Å². The highest BCUT2D eigenvalue weighted by molar-refractivity contribution is 7.09. The number of nitrogens with zero attached hydrogens (tertiary/aromatic N) is 3. The fourth-order valence-electron chi connectivity index (χ4n) is 3.99. The van der Waals surface area contributed by atoms with Crippen LogP contribution >= 0.6 is 11.3 Å². The molecule has 1 unspecified atom stereocenters. The SMILES string of the molecule is COCc1nc(CN2CC(N(C)C)C3(CCOCC3)C2)cs1. The lowest BCUT2D eigenvalue weighted by atomic mass is 9.75. The molecule has 2 saturated heterocycles. The van der Waals surface area contributed by atoms with Gasteiger partial charge in [-0.1, -0.05) is 0 Å². The number of hydrogen-bond donors (Lipinski definition) is 0. The summed E-state index contributed by atoms with van der Waals surface area (Å²) in [6, 6.07) is 0.619. The smallest absolute Gasteiger partial charge is 0.119 e. The van der Waals surface area contributed by atoms with Crippen LogP contribution < -0.4 is 0 Å². The minimum absolute atomic E-state index is 0.396. The number of hydrogen-bond acceptors (Lipinski definition) is 6. The second kappa shape index (κ2) is 6.93. The van der Waals surface area contributed by atoms with Gasteiger partial charge in [0.1, 0.15) is 5.01 Å². The Balaban J connectivity index is 1.67. The van der Waals surface area contributed by atoms with E-state index in [0.29, 0.717) is 18.1 Å². The maximum Gasteiger partial charge on any atom is 0.119 e. The molecule has 1 spiro atoms. The zero-order chi connectivity index (χ0) is 15.6. The van der Waals surface area contributed by atoms with Crippen molar-refractivity contribution in [2.45, 2.75) is 32.0 Å². The average Bonchev–Trinajstić information content (AvgIpc) is 3.06. The van der Waals surface area contributed by atoms with Crippen molar-refractivity contribution in [3.8, 4) is 0 Å². The van der Waals surface area contributed by atoms with Gasteiger partial charge in [-0.3, -0.25) is 4.90 Å². The molecule has 2 aliphatic rings. The van der Waals surface area contributed by atoms with Gasteiger partial charge in [-0.05, 0) is 26.9 Å². The van der Waals surface area contributed by atoms with E-state index in [-0.39, 0.29) is 0 Å². The third-order valence-electron chi connectivity index (χ3n) is 5.04. The molecule has 0 N–H and O–H groups in total. The summed E-state index contributed by atoms with van der Waals surface area (Å²) in [4.78, 5) is 9.66. The molecule has 22 heavy (non-hydrogen) atoms. The highest BCUT2D eigenvalue weighted by Crippen LogP contribution is 2.42. The van der Waals surface area contributed by atoms with Crippen LogP contribution in [0.25, 0.3) is 0 Å². The first-order chi connectivity index (χ1) is 10.6. The lowest BCUT2D eigenvalue weighted by Gasteiger charge is -2.40. The molecule has 1 atom stereocenters. The van der Waals surface area contributed by atoms with Crippen molar-refractivity contribution in [1.29, 1.82) is 0 Å². The number of likely N-dealkylation sites (N-methyl/N-ethyl adjacent to an activating group) is 1. The van der Waals surface area contributed by atoms with E-state index in [0.717, 1.165) is 37.9 Å². The van der Waals surface area contributed by atoms with Crippen molar-refractivity contribution in [2.24, 2.45) is 5.41 Å². The Kier molecular flexibility index (Phi) is 5.14. The van der Waals surface area contributed by atoms with Gasteiger partial charge in [0, 0.05) is 56.8 Å². The van der Waals surface area contributed by atoms with E-state index < -0.39 is 0 Å². The first kappa shape index (κ1) is 16.3. The van der Waals surface area contributed by atoms with Gasteiger partial charge in [-0.15, -0.1) is 11.3 Å². The van der Waals surface area contributed by atoms with Gasteiger partial charge >= 0.3 is 0 Å². The van der Waals surface area contributed by atoms with Crippen molar-refractivity contribution in [1.82, 2.24) is 14.8 Å². The van der Waals surface area contributed by atoms with Gasteiger partial charge in [0.05, 0.1) is 12.3 Å². The Morgan fingerprint density at radius 2 is 2.23 bits per heavy atom. The lowest BCUT2D eigenvalue weighted by molar-refractivity contribution is -0.00851. The monoisotopic (exact) mass is 325 g/mol. The standard InChI is InChI=1S/C16H27N3O2S/c1-18(2)14-9-19(12-16(14)4-6-21-7-5-16)8-13-11-22-15(17-13)10-20-3/h11,14H,4-10,12H2,1-3H3. The molecular formula is C16H27N3O2S. The highest BCUT2D eigenvalue weighted by atomic mass is 32.1. The van der Waals surface area contributed by atoms with Crippen molar-refractivity contribution < 1.29 is 9.47 Å². The van der Waals surface area contributed by atoms with Crippen LogP contribution in [0.2, 0.25) is 0 Å². The Hall–Kier alpha value is -0.530. The van der Waals surface area contributed by atoms with Crippen LogP contribution in [-0.4, -0.2) is 68.3 Å². The van der Waals surface area contributed by atoms with Gasteiger partial charge in [-0.25, -0.2) is 4.98 Å². The van der Waals surface area contributed by atoms with E-state index >= 15 is 0 Å². The maximum atomic E-state index is 5.61. The largest absolute Gasteiger partial charge is 0.381 e. The molecule has 0 bridgehead atoms. The van der Waals surface area contributed by atoms with Crippen molar-refractivity contribution in [3.63, 3.8) is 0 Å². The van der Waals surface area contributed by atoms with Gasteiger partial charge in [-0.2, -0.15) is 0 Å². The van der Waals surface area contributed by atoms with Crippen LogP contribution in [0.1, 0.15) is 23.5 Å². The molecule has 0 amide bonds. The van der Waals surface area contributed by atoms with E-state index in [1.807, 2.05) is 0 Å². The zero-order valence-electron chi connectivity index (χ0n) is 13.9. The first-order valence-corrected chi connectivity index (χ1v) is 8.90. The van der Waals surface area contributed by atoms with Crippen LogP contribution in [0.3, 0.4) is 0 Å². The van der Waals surface area contributed by atoms with Crippen molar-refractivity contribution in [2.75, 3.05) is 47.5 Å². The third kappa shape index (κ3) is 3.36. The van der Waals surface area contributed by atoms with Crippen LogP contribution in [-0.2, 0) is 22.6 Å². The quantitative estimate of drug-likeness (QED) is 0.826. The van der Waals surface area contributed by atoms with Crippen LogP contribution in [0.5, 0.6) is 0 Å². The summed E-state index contributed by atoms with van der Waals surface area (Å²) in [5.74, 6) is 0. The van der Waals surface area contributed by atoms with Crippen molar-refractivity contribution >= 4 is 11.3 Å². The summed E-state index contributed by atoms with van der Waals surface area (Å²) >= 11 is 1.70. The second-order valence-corrected chi connectivity index (χ2v) is 7.73. The summed E-state index contributed by atoms with van der Waals surface area (Å²) in [5.41, 5.74) is 1.58. The first-order valence-electron chi connectivity index (χ1n) is 8.02. The van der Waals surface area contributed by atoms with Crippen LogP contribution in [0, 0.1) is 5.41 Å². The predicted molar refractivity (Wildman–Crippen MR) is 88.1 cm³/mol. The Labute approximate surface area is 137 Å². The number of likely N-dealkylation sites (tertiary alicyclic amines) is 1. The van der Waals surface area contributed by atoms with E-state index in [9.17, 15) is 0 Å². The molecule has 3 heterocycles. The molecule has 0 saturated carbocycles. The summed E-state index contributed by atoms with van der Waals surface area (Å²) in [5, 5.41) is 3.25. The van der Waals surface area contributed by atoms with Gasteiger partial charge in [0.25, 0.3) is 0 Å². The Bertz CT molecular complexity index is 485. The Morgan fingerprint density at radius 1 is 1.45 bits per heavy atom. The topological polar surface area (TPSA) is 37.8 Å². The molecule has 3 rings (SSSR count). The minimum atomic E-state index is 0.396. The average molecular weight is 325 g/mol. The normalized spacial score (nSPS) is 25.4. The molecule has 0 aliphatic carbocycles. The van der Waals surface area contributed by atoms with E-state index in [1.165, 1.54) is 18.5 Å². The molecule has 124 valence electrons. The molecule has 0 radical (unpaired) electrons. The molecule has 1 aromatic rings. The number of rotatable bonds is 5. The van der Waals surface area contributed by atoms with E-state index in [4.69, 9.17) is 9.47 Å². The van der Waals surface area contributed by atoms with Gasteiger partial charge < -0.3 is 14.4 Å². The molecule has 5 nitrogen and oxygen atoms in total. The molecule has 1 aromatic heterocycles. The maximum absolute atomic E-state index is 5.61. The lowest BCUT2D eigenvalue weighted by Crippen LogP contribution is -2.46. The number of thiazole rings is 1. The third-order valence-corrected chi connectivity index (χ3v) is 5.91. The molecule has 2 aliphatic heterocycles. The summed E-state index contributed by atoms with van der Waals surface area (Å²) in [7, 11) is 6.15. The second-order valence-electron chi connectivity index (χ2n) is 6.79. The van der Waals surface area contributed by atoms with Crippen LogP contribution in [0.4, 0.5) is 0 Å². The van der Waals surface area contributed by atoms with Crippen molar-refractivity contribution in [3.05, 3.63) is 16.1 Å². The minimum Gasteiger partial charge on any atom is -0.381 e.